The first-order chi connectivity index (χ1) is 13.5. The Morgan fingerprint density at radius 3 is 2.50 bits per heavy atom. The van der Waals surface area contributed by atoms with Gasteiger partial charge in [-0.3, -0.25) is 9.78 Å². The second-order valence-corrected chi connectivity index (χ2v) is 6.55. The molecule has 0 fully saturated rings. The lowest BCUT2D eigenvalue weighted by Gasteiger charge is -2.20. The van der Waals surface area contributed by atoms with Crippen molar-refractivity contribution < 1.29 is 14.3 Å². The van der Waals surface area contributed by atoms with E-state index in [-0.39, 0.29) is 24.6 Å². The van der Waals surface area contributed by atoms with Gasteiger partial charge < -0.3 is 16.2 Å². The number of halogens is 1. The summed E-state index contributed by atoms with van der Waals surface area (Å²) in [5, 5.41) is 13.3. The van der Waals surface area contributed by atoms with Gasteiger partial charge in [0.1, 0.15) is 5.82 Å². The van der Waals surface area contributed by atoms with E-state index < -0.39 is 12.1 Å². The van der Waals surface area contributed by atoms with E-state index in [0.717, 1.165) is 0 Å². The van der Waals surface area contributed by atoms with Crippen molar-refractivity contribution in [3.05, 3.63) is 95.6 Å². The van der Waals surface area contributed by atoms with Crippen molar-refractivity contribution in [3.63, 3.8) is 0 Å². The van der Waals surface area contributed by atoms with E-state index >= 15 is 0 Å². The predicted molar refractivity (Wildman–Crippen MR) is 106 cm³/mol. The van der Waals surface area contributed by atoms with E-state index in [4.69, 9.17) is 5.73 Å². The van der Waals surface area contributed by atoms with Crippen LogP contribution < -0.4 is 11.1 Å². The van der Waals surface area contributed by atoms with Gasteiger partial charge in [0.15, 0.2) is 0 Å². The van der Waals surface area contributed by atoms with E-state index in [1.165, 1.54) is 6.07 Å². The summed E-state index contributed by atoms with van der Waals surface area (Å²) in [6.45, 7) is 0. The molecule has 144 valence electrons. The number of nitrogens with zero attached hydrogens (tertiary/aromatic N) is 1. The Morgan fingerprint density at radius 2 is 1.75 bits per heavy atom. The fourth-order valence-electron chi connectivity index (χ4n) is 2.93. The van der Waals surface area contributed by atoms with Crippen LogP contribution in [0.3, 0.4) is 0 Å². The molecule has 0 bridgehead atoms. The molecule has 0 saturated carbocycles. The number of aliphatic hydroxyl groups excluding tert-OH is 1. The third-order valence-electron chi connectivity index (χ3n) is 4.48. The molecule has 6 heteroatoms. The summed E-state index contributed by atoms with van der Waals surface area (Å²) in [5.41, 5.74) is 7.98. The minimum Gasteiger partial charge on any atom is -0.391 e. The van der Waals surface area contributed by atoms with Crippen LogP contribution >= 0.6 is 0 Å². The van der Waals surface area contributed by atoms with Crippen LogP contribution in [0.1, 0.15) is 21.6 Å². The van der Waals surface area contributed by atoms with Gasteiger partial charge in [-0.05, 0) is 42.3 Å². The van der Waals surface area contributed by atoms with Gasteiger partial charge in [-0.1, -0.05) is 36.4 Å². The molecular formula is C22H22FN3O2. The molecule has 1 aromatic heterocycles. The largest absolute Gasteiger partial charge is 0.391 e. The standard InChI is InChI=1S/C22H22FN3O2/c23-18-11-5-4-7-15(18)13-19(24)21(27)14-20-17(10-6-12-25-20)22(28)26-16-8-2-1-3-9-16/h1-12,19,21,27H,13-14,24H2,(H,26,28)/t19-,21+/m1/s1. The van der Waals surface area contributed by atoms with Crippen LogP contribution in [0.2, 0.25) is 0 Å². The molecule has 5 nitrogen and oxygen atoms in total. The molecule has 4 N–H and O–H groups in total. The Morgan fingerprint density at radius 1 is 1.04 bits per heavy atom. The average Bonchev–Trinajstić information content (AvgIpc) is 2.70. The number of benzene rings is 2. The van der Waals surface area contributed by atoms with Crippen molar-refractivity contribution in [1.29, 1.82) is 0 Å². The molecule has 3 rings (SSSR count). The van der Waals surface area contributed by atoms with Gasteiger partial charge in [0.2, 0.25) is 0 Å². The number of para-hydroxylation sites is 1. The maximum absolute atomic E-state index is 13.8. The van der Waals surface area contributed by atoms with Gasteiger partial charge in [0.05, 0.1) is 17.4 Å². The number of pyridine rings is 1. The van der Waals surface area contributed by atoms with Crippen molar-refractivity contribution in [3.8, 4) is 0 Å². The molecule has 3 aromatic rings. The predicted octanol–water partition coefficient (Wildman–Crippen LogP) is 2.95. The third-order valence-corrected chi connectivity index (χ3v) is 4.48. The Labute approximate surface area is 163 Å². The van der Waals surface area contributed by atoms with E-state index in [1.807, 2.05) is 18.2 Å². The molecule has 2 atom stereocenters. The molecule has 0 radical (unpaired) electrons. The Hall–Kier alpha value is -3.09. The van der Waals surface area contributed by atoms with E-state index in [9.17, 15) is 14.3 Å². The molecule has 1 amide bonds. The first-order valence-corrected chi connectivity index (χ1v) is 9.02. The Bertz CT molecular complexity index is 934. The summed E-state index contributed by atoms with van der Waals surface area (Å²) in [7, 11) is 0. The lowest BCUT2D eigenvalue weighted by molar-refractivity contribution is 0.102. The van der Waals surface area contributed by atoms with Gasteiger partial charge >= 0.3 is 0 Å². The summed E-state index contributed by atoms with van der Waals surface area (Å²) in [6.07, 6.45) is 0.863. The summed E-state index contributed by atoms with van der Waals surface area (Å²) in [4.78, 5) is 16.8. The van der Waals surface area contributed by atoms with Crippen molar-refractivity contribution in [2.45, 2.75) is 25.0 Å². The zero-order chi connectivity index (χ0) is 19.9. The summed E-state index contributed by atoms with van der Waals surface area (Å²) < 4.78 is 13.8. The van der Waals surface area contributed by atoms with E-state index in [2.05, 4.69) is 10.3 Å². The van der Waals surface area contributed by atoms with Crippen LogP contribution in [0.5, 0.6) is 0 Å². The zero-order valence-corrected chi connectivity index (χ0v) is 15.3. The number of hydrogen-bond acceptors (Lipinski definition) is 4. The van der Waals surface area contributed by atoms with Gasteiger partial charge in [0.25, 0.3) is 5.91 Å². The van der Waals surface area contributed by atoms with Crippen LogP contribution in [-0.2, 0) is 12.8 Å². The molecule has 2 aromatic carbocycles. The minimum absolute atomic E-state index is 0.0913. The molecule has 0 aliphatic rings. The number of aromatic nitrogens is 1. The van der Waals surface area contributed by atoms with Gasteiger partial charge in [-0.15, -0.1) is 0 Å². The van der Waals surface area contributed by atoms with Crippen LogP contribution in [0.4, 0.5) is 10.1 Å². The summed E-state index contributed by atoms with van der Waals surface area (Å²) in [5.74, 6) is -0.671. The molecule has 0 aliphatic heterocycles. The zero-order valence-electron chi connectivity index (χ0n) is 15.3. The fourth-order valence-corrected chi connectivity index (χ4v) is 2.93. The first-order valence-electron chi connectivity index (χ1n) is 9.02. The fraction of sp³-hybridized carbons (Fsp3) is 0.182. The highest BCUT2D eigenvalue weighted by atomic mass is 19.1. The number of hydrogen-bond donors (Lipinski definition) is 3. The van der Waals surface area contributed by atoms with Crippen molar-refractivity contribution in [2.75, 3.05) is 5.32 Å². The summed E-state index contributed by atoms with van der Waals surface area (Å²) in [6, 6.07) is 18.0. The highest BCUT2D eigenvalue weighted by Crippen LogP contribution is 2.15. The maximum Gasteiger partial charge on any atom is 0.257 e. The van der Waals surface area contributed by atoms with E-state index in [1.54, 1.807) is 48.7 Å². The summed E-state index contributed by atoms with van der Waals surface area (Å²) >= 11 is 0. The number of anilines is 1. The third kappa shape index (κ3) is 5.00. The molecule has 0 spiro atoms. The number of aliphatic hydroxyl groups is 1. The SMILES string of the molecule is N[C@H](Cc1ccccc1F)[C@@H](O)Cc1ncccc1C(=O)Nc1ccccc1. The van der Waals surface area contributed by atoms with Gasteiger partial charge in [-0.2, -0.15) is 0 Å². The number of carbonyl (C=O) groups excluding carboxylic acids is 1. The van der Waals surface area contributed by atoms with Crippen LogP contribution in [-0.4, -0.2) is 28.1 Å². The number of nitrogens with two attached hydrogens (primary N) is 1. The van der Waals surface area contributed by atoms with Crippen molar-refractivity contribution in [1.82, 2.24) is 4.98 Å². The van der Waals surface area contributed by atoms with Crippen molar-refractivity contribution in [2.24, 2.45) is 5.73 Å². The molecule has 0 unspecified atom stereocenters. The van der Waals surface area contributed by atoms with Gasteiger partial charge in [0, 0.05) is 24.3 Å². The average molecular weight is 379 g/mol. The smallest absolute Gasteiger partial charge is 0.257 e. The molecule has 0 saturated heterocycles. The normalized spacial score (nSPS) is 13.0. The Kier molecular flexibility index (Phi) is 6.47. The second-order valence-electron chi connectivity index (χ2n) is 6.55. The lowest BCUT2D eigenvalue weighted by Crippen LogP contribution is -2.38. The maximum atomic E-state index is 13.8. The molecule has 0 aliphatic carbocycles. The second kappa shape index (κ2) is 9.21. The Balaban J connectivity index is 1.70. The topological polar surface area (TPSA) is 88.2 Å². The highest BCUT2D eigenvalue weighted by Gasteiger charge is 2.21. The highest BCUT2D eigenvalue weighted by molar-refractivity contribution is 6.05. The number of carbonyl (C=O) groups is 1. The quantitative estimate of drug-likeness (QED) is 0.589. The van der Waals surface area contributed by atoms with E-state index in [0.29, 0.717) is 22.5 Å². The minimum atomic E-state index is -0.974. The molecular weight excluding hydrogens is 357 g/mol. The number of amides is 1. The monoisotopic (exact) mass is 379 g/mol. The number of rotatable bonds is 7. The van der Waals surface area contributed by atoms with Crippen LogP contribution in [0.15, 0.2) is 72.9 Å². The molecule has 1 heterocycles. The first kappa shape index (κ1) is 19.7. The van der Waals surface area contributed by atoms with Crippen LogP contribution in [0.25, 0.3) is 0 Å². The van der Waals surface area contributed by atoms with Crippen molar-refractivity contribution >= 4 is 11.6 Å². The van der Waals surface area contributed by atoms with Crippen LogP contribution in [0, 0.1) is 5.82 Å². The number of nitrogens with one attached hydrogen (secondary N) is 1. The molecule has 28 heavy (non-hydrogen) atoms. The van der Waals surface area contributed by atoms with Gasteiger partial charge in [-0.25, -0.2) is 4.39 Å². The lowest BCUT2D eigenvalue weighted by atomic mass is 9.97.